The Kier molecular flexibility index (Phi) is 4.09. The minimum absolute atomic E-state index is 0.392. The van der Waals surface area contributed by atoms with Crippen molar-refractivity contribution in [1.82, 2.24) is 10.1 Å². The molecule has 0 bridgehead atoms. The van der Waals surface area contributed by atoms with Crippen LogP contribution in [0.5, 0.6) is 5.75 Å². The number of hydrogen-bond donors (Lipinski definition) is 0. The topological polar surface area (TPSA) is 51.6 Å². The van der Waals surface area contributed by atoms with Gasteiger partial charge in [0.15, 0.2) is 5.76 Å². The second-order valence-electron chi connectivity index (χ2n) is 6.06. The lowest BCUT2D eigenvalue weighted by Gasteiger charge is -2.24. The maximum absolute atomic E-state index is 5.41. The van der Waals surface area contributed by atoms with Crippen molar-refractivity contribution in [1.29, 1.82) is 0 Å². The van der Waals surface area contributed by atoms with Crippen LogP contribution in [0.2, 0.25) is 0 Å². The molecule has 0 amide bonds. The van der Waals surface area contributed by atoms with Gasteiger partial charge >= 0.3 is 0 Å². The summed E-state index contributed by atoms with van der Waals surface area (Å²) in [4.78, 5) is 2.44. The fraction of sp³-hybridized carbons (Fsp3) is 0.316. The molecule has 1 unspecified atom stereocenters. The SMILES string of the molecule is COc1cccc(C2CCCN2Cc2cc(-c3ccco3)on2)c1. The van der Waals surface area contributed by atoms with E-state index in [2.05, 4.69) is 28.3 Å². The molecule has 5 nitrogen and oxygen atoms in total. The minimum atomic E-state index is 0.392. The van der Waals surface area contributed by atoms with Gasteiger partial charge in [0.05, 0.1) is 19.1 Å². The van der Waals surface area contributed by atoms with Crippen LogP contribution >= 0.6 is 0 Å². The first kappa shape index (κ1) is 15.0. The van der Waals surface area contributed by atoms with Crippen LogP contribution in [0.15, 0.2) is 57.7 Å². The number of likely N-dealkylation sites (tertiary alicyclic amines) is 1. The third kappa shape index (κ3) is 2.95. The number of hydrogen-bond acceptors (Lipinski definition) is 5. The van der Waals surface area contributed by atoms with Crippen molar-refractivity contribution < 1.29 is 13.7 Å². The molecule has 0 aliphatic carbocycles. The van der Waals surface area contributed by atoms with Gasteiger partial charge in [-0.3, -0.25) is 4.90 Å². The average molecular weight is 324 g/mol. The highest BCUT2D eigenvalue weighted by atomic mass is 16.5. The summed E-state index contributed by atoms with van der Waals surface area (Å²) in [6.45, 7) is 1.83. The van der Waals surface area contributed by atoms with Gasteiger partial charge in [-0.2, -0.15) is 0 Å². The van der Waals surface area contributed by atoms with Crippen LogP contribution < -0.4 is 4.74 Å². The predicted octanol–water partition coefficient (Wildman–Crippen LogP) is 4.28. The van der Waals surface area contributed by atoms with Crippen LogP contribution in [0.4, 0.5) is 0 Å². The molecule has 1 aliphatic heterocycles. The van der Waals surface area contributed by atoms with Gasteiger partial charge in [0.25, 0.3) is 0 Å². The molecule has 4 rings (SSSR count). The Labute approximate surface area is 140 Å². The molecular formula is C19H20N2O3. The zero-order chi connectivity index (χ0) is 16.4. The summed E-state index contributed by atoms with van der Waals surface area (Å²) in [5.74, 6) is 2.28. The monoisotopic (exact) mass is 324 g/mol. The molecule has 0 radical (unpaired) electrons. The van der Waals surface area contributed by atoms with E-state index in [4.69, 9.17) is 13.7 Å². The highest BCUT2D eigenvalue weighted by Crippen LogP contribution is 2.34. The van der Waals surface area contributed by atoms with E-state index >= 15 is 0 Å². The first-order valence-electron chi connectivity index (χ1n) is 8.21. The number of rotatable bonds is 5. The molecular weight excluding hydrogens is 304 g/mol. The molecule has 1 saturated heterocycles. The lowest BCUT2D eigenvalue weighted by atomic mass is 10.0. The molecule has 0 saturated carbocycles. The number of methoxy groups -OCH3 is 1. The van der Waals surface area contributed by atoms with Crippen molar-refractivity contribution in [2.75, 3.05) is 13.7 Å². The molecule has 3 heterocycles. The van der Waals surface area contributed by atoms with Crippen LogP contribution in [-0.4, -0.2) is 23.7 Å². The summed E-state index contributed by atoms with van der Waals surface area (Å²) in [6.07, 6.45) is 3.97. The van der Waals surface area contributed by atoms with Gasteiger partial charge < -0.3 is 13.7 Å². The Bertz CT molecular complexity index is 795. The molecule has 1 aliphatic rings. The summed E-state index contributed by atoms with van der Waals surface area (Å²) >= 11 is 0. The van der Waals surface area contributed by atoms with Gasteiger partial charge in [0, 0.05) is 18.7 Å². The van der Waals surface area contributed by atoms with Crippen LogP contribution in [0.1, 0.15) is 30.1 Å². The average Bonchev–Trinajstić information content (AvgIpc) is 3.36. The Morgan fingerprint density at radius 1 is 1.21 bits per heavy atom. The summed E-state index contributed by atoms with van der Waals surface area (Å²) in [6, 6.07) is 14.4. The first-order valence-corrected chi connectivity index (χ1v) is 8.21. The van der Waals surface area contributed by atoms with Crippen molar-refractivity contribution in [2.45, 2.75) is 25.4 Å². The second-order valence-corrected chi connectivity index (χ2v) is 6.06. The van der Waals surface area contributed by atoms with E-state index in [1.807, 2.05) is 24.3 Å². The molecule has 2 aromatic heterocycles. The molecule has 5 heteroatoms. The van der Waals surface area contributed by atoms with E-state index in [0.29, 0.717) is 17.6 Å². The zero-order valence-corrected chi connectivity index (χ0v) is 13.6. The molecule has 0 spiro atoms. The molecule has 124 valence electrons. The summed E-state index contributed by atoms with van der Waals surface area (Å²) < 4.78 is 16.1. The van der Waals surface area contributed by atoms with Crippen LogP contribution in [0, 0.1) is 0 Å². The minimum Gasteiger partial charge on any atom is -0.497 e. The van der Waals surface area contributed by atoms with Crippen molar-refractivity contribution in [2.24, 2.45) is 0 Å². The van der Waals surface area contributed by atoms with Crippen molar-refractivity contribution in [3.8, 4) is 17.3 Å². The summed E-state index contributed by atoms with van der Waals surface area (Å²) in [5.41, 5.74) is 2.22. The predicted molar refractivity (Wildman–Crippen MR) is 89.6 cm³/mol. The van der Waals surface area contributed by atoms with Gasteiger partial charge in [-0.25, -0.2) is 0 Å². The first-order chi connectivity index (χ1) is 11.8. The van der Waals surface area contributed by atoms with E-state index in [0.717, 1.165) is 31.0 Å². The van der Waals surface area contributed by atoms with Crippen molar-refractivity contribution >= 4 is 0 Å². The lowest BCUT2D eigenvalue weighted by molar-refractivity contribution is 0.240. The summed E-state index contributed by atoms with van der Waals surface area (Å²) in [5, 5.41) is 4.20. The number of furan rings is 1. The van der Waals surface area contributed by atoms with Crippen molar-refractivity contribution in [3.05, 3.63) is 60.0 Å². The largest absolute Gasteiger partial charge is 0.497 e. The fourth-order valence-corrected chi connectivity index (χ4v) is 3.37. The van der Waals surface area contributed by atoms with E-state index in [1.54, 1.807) is 13.4 Å². The van der Waals surface area contributed by atoms with Crippen LogP contribution in [0.25, 0.3) is 11.5 Å². The normalized spacial score (nSPS) is 18.1. The molecule has 1 aromatic carbocycles. The quantitative estimate of drug-likeness (QED) is 0.701. The number of aromatic nitrogens is 1. The van der Waals surface area contributed by atoms with Crippen LogP contribution in [-0.2, 0) is 6.54 Å². The Hall–Kier alpha value is -2.53. The van der Waals surface area contributed by atoms with Gasteiger partial charge in [-0.15, -0.1) is 0 Å². The molecule has 1 atom stereocenters. The zero-order valence-electron chi connectivity index (χ0n) is 13.6. The smallest absolute Gasteiger partial charge is 0.202 e. The Morgan fingerprint density at radius 2 is 2.17 bits per heavy atom. The van der Waals surface area contributed by atoms with Gasteiger partial charge in [0.1, 0.15) is 5.75 Å². The van der Waals surface area contributed by atoms with Crippen molar-refractivity contribution in [3.63, 3.8) is 0 Å². The Morgan fingerprint density at radius 3 is 3.00 bits per heavy atom. The molecule has 1 fully saturated rings. The van der Waals surface area contributed by atoms with E-state index in [9.17, 15) is 0 Å². The number of benzene rings is 1. The maximum atomic E-state index is 5.41. The van der Waals surface area contributed by atoms with Gasteiger partial charge in [-0.05, 0) is 49.2 Å². The van der Waals surface area contributed by atoms with Crippen LogP contribution in [0.3, 0.4) is 0 Å². The van der Waals surface area contributed by atoms with Gasteiger partial charge in [0.2, 0.25) is 5.76 Å². The highest BCUT2D eigenvalue weighted by Gasteiger charge is 2.27. The molecule has 0 N–H and O–H groups in total. The summed E-state index contributed by atoms with van der Waals surface area (Å²) in [7, 11) is 1.71. The lowest BCUT2D eigenvalue weighted by Crippen LogP contribution is -2.22. The third-order valence-electron chi connectivity index (χ3n) is 4.53. The van der Waals surface area contributed by atoms with E-state index in [-0.39, 0.29) is 0 Å². The Balaban J connectivity index is 1.51. The second kappa shape index (κ2) is 6.53. The molecule has 3 aromatic rings. The molecule has 24 heavy (non-hydrogen) atoms. The maximum Gasteiger partial charge on any atom is 0.202 e. The third-order valence-corrected chi connectivity index (χ3v) is 4.53. The van der Waals surface area contributed by atoms with E-state index in [1.165, 1.54) is 12.0 Å². The number of nitrogens with zero attached hydrogens (tertiary/aromatic N) is 2. The van der Waals surface area contributed by atoms with E-state index < -0.39 is 0 Å². The number of ether oxygens (including phenoxy) is 1. The standard InChI is InChI=1S/C19H20N2O3/c1-22-16-6-2-5-14(11-16)17-7-3-9-21(17)13-15-12-19(24-20-15)18-8-4-10-23-18/h2,4-6,8,10-12,17H,3,7,9,13H2,1H3. The van der Waals surface area contributed by atoms with Gasteiger partial charge in [-0.1, -0.05) is 17.3 Å². The highest BCUT2D eigenvalue weighted by molar-refractivity contribution is 5.49. The fourth-order valence-electron chi connectivity index (χ4n) is 3.37.